The minimum absolute atomic E-state index is 0.156. The summed E-state index contributed by atoms with van der Waals surface area (Å²) in [5, 5.41) is 12.2. The standard InChI is InChI=1S/C24H27N3O3/c1-16(2)18-9-11-20(12-10-18)26-22(29)15-27-23(19-7-5-4-6-8-19)25-17(3)21(13-14-28)24(27)30/h4-12,16,28H,13-15H2,1-3H3,(H,26,29). The second-order valence-electron chi connectivity index (χ2n) is 7.56. The van der Waals surface area contributed by atoms with Crippen molar-refractivity contribution in [2.75, 3.05) is 11.9 Å². The van der Waals surface area contributed by atoms with Crippen molar-refractivity contribution in [2.24, 2.45) is 0 Å². The molecule has 6 heteroatoms. The number of carbonyl (C=O) groups excluding carboxylic acids is 1. The third kappa shape index (κ3) is 4.83. The Kier molecular flexibility index (Phi) is 6.79. The third-order valence-electron chi connectivity index (χ3n) is 5.03. The largest absolute Gasteiger partial charge is 0.396 e. The van der Waals surface area contributed by atoms with Crippen LogP contribution in [-0.4, -0.2) is 27.2 Å². The normalized spacial score (nSPS) is 11.0. The summed E-state index contributed by atoms with van der Waals surface area (Å²) in [5.74, 6) is 0.530. The highest BCUT2D eigenvalue weighted by Crippen LogP contribution is 2.19. The van der Waals surface area contributed by atoms with Crippen molar-refractivity contribution in [1.29, 1.82) is 0 Å². The molecule has 0 atom stereocenters. The van der Waals surface area contributed by atoms with Gasteiger partial charge in [-0.25, -0.2) is 4.98 Å². The van der Waals surface area contributed by atoms with Crippen LogP contribution in [-0.2, 0) is 17.8 Å². The van der Waals surface area contributed by atoms with E-state index in [4.69, 9.17) is 0 Å². The number of amides is 1. The van der Waals surface area contributed by atoms with E-state index in [-0.39, 0.29) is 31.0 Å². The van der Waals surface area contributed by atoms with E-state index in [1.165, 1.54) is 10.1 Å². The Morgan fingerprint density at radius 1 is 1.10 bits per heavy atom. The van der Waals surface area contributed by atoms with Gasteiger partial charge < -0.3 is 10.4 Å². The summed E-state index contributed by atoms with van der Waals surface area (Å²) in [7, 11) is 0. The molecule has 0 bridgehead atoms. The zero-order valence-electron chi connectivity index (χ0n) is 17.6. The lowest BCUT2D eigenvalue weighted by molar-refractivity contribution is -0.116. The van der Waals surface area contributed by atoms with Crippen molar-refractivity contribution in [1.82, 2.24) is 9.55 Å². The van der Waals surface area contributed by atoms with E-state index >= 15 is 0 Å². The minimum Gasteiger partial charge on any atom is -0.396 e. The van der Waals surface area contributed by atoms with Gasteiger partial charge in [0.05, 0.1) is 0 Å². The summed E-state index contributed by atoms with van der Waals surface area (Å²) in [6, 6.07) is 17.0. The Bertz CT molecular complexity index is 1070. The molecule has 0 saturated carbocycles. The van der Waals surface area contributed by atoms with E-state index in [0.29, 0.717) is 28.7 Å². The van der Waals surface area contributed by atoms with Gasteiger partial charge in [0.2, 0.25) is 5.91 Å². The molecule has 2 aromatic carbocycles. The molecular formula is C24H27N3O3. The molecular weight excluding hydrogens is 378 g/mol. The predicted octanol–water partition coefficient (Wildman–Crippen LogP) is 3.52. The zero-order valence-corrected chi connectivity index (χ0v) is 17.6. The molecule has 1 amide bonds. The lowest BCUT2D eigenvalue weighted by atomic mass is 10.0. The first-order valence-electron chi connectivity index (χ1n) is 10.1. The first-order valence-corrected chi connectivity index (χ1v) is 10.1. The fourth-order valence-corrected chi connectivity index (χ4v) is 3.35. The van der Waals surface area contributed by atoms with Gasteiger partial charge in [-0.15, -0.1) is 0 Å². The van der Waals surface area contributed by atoms with Gasteiger partial charge in [-0.2, -0.15) is 0 Å². The number of rotatable bonds is 7. The van der Waals surface area contributed by atoms with Crippen LogP contribution in [0, 0.1) is 6.92 Å². The third-order valence-corrected chi connectivity index (χ3v) is 5.03. The quantitative estimate of drug-likeness (QED) is 0.630. The molecule has 0 aliphatic heterocycles. The Balaban J connectivity index is 1.94. The maximum atomic E-state index is 13.1. The summed E-state index contributed by atoms with van der Waals surface area (Å²) >= 11 is 0. The van der Waals surface area contributed by atoms with Crippen molar-refractivity contribution in [2.45, 2.75) is 39.7 Å². The maximum Gasteiger partial charge on any atom is 0.257 e. The molecule has 0 saturated heterocycles. The van der Waals surface area contributed by atoms with Gasteiger partial charge in [0.1, 0.15) is 12.4 Å². The molecule has 0 aliphatic rings. The molecule has 30 heavy (non-hydrogen) atoms. The summed E-state index contributed by atoms with van der Waals surface area (Å²) in [6.45, 7) is 5.65. The molecule has 2 N–H and O–H groups in total. The molecule has 0 spiro atoms. The average Bonchev–Trinajstić information content (AvgIpc) is 2.74. The van der Waals surface area contributed by atoms with Crippen LogP contribution in [0.3, 0.4) is 0 Å². The van der Waals surface area contributed by atoms with Crippen molar-refractivity contribution < 1.29 is 9.90 Å². The summed E-state index contributed by atoms with van der Waals surface area (Å²) < 4.78 is 1.38. The van der Waals surface area contributed by atoms with Crippen LogP contribution >= 0.6 is 0 Å². The van der Waals surface area contributed by atoms with Crippen LogP contribution in [0.1, 0.15) is 36.6 Å². The van der Waals surface area contributed by atoms with E-state index in [2.05, 4.69) is 24.1 Å². The molecule has 0 unspecified atom stereocenters. The number of aliphatic hydroxyl groups is 1. The fraction of sp³-hybridized carbons (Fsp3) is 0.292. The van der Waals surface area contributed by atoms with E-state index in [9.17, 15) is 14.7 Å². The summed E-state index contributed by atoms with van der Waals surface area (Å²) in [4.78, 5) is 30.4. The number of benzene rings is 2. The van der Waals surface area contributed by atoms with E-state index in [1.807, 2.05) is 54.6 Å². The summed E-state index contributed by atoms with van der Waals surface area (Å²) in [5.41, 5.74) is 3.30. The molecule has 3 rings (SSSR count). The van der Waals surface area contributed by atoms with E-state index < -0.39 is 0 Å². The number of hydrogen-bond donors (Lipinski definition) is 2. The molecule has 6 nitrogen and oxygen atoms in total. The first kappa shape index (κ1) is 21.5. The Hall–Kier alpha value is -3.25. The van der Waals surface area contributed by atoms with Gasteiger partial charge in [0.25, 0.3) is 5.56 Å². The first-order chi connectivity index (χ1) is 14.4. The van der Waals surface area contributed by atoms with Gasteiger partial charge in [-0.1, -0.05) is 56.3 Å². The van der Waals surface area contributed by atoms with Crippen LogP contribution in [0.2, 0.25) is 0 Å². The molecule has 0 aliphatic carbocycles. The smallest absolute Gasteiger partial charge is 0.257 e. The SMILES string of the molecule is Cc1nc(-c2ccccc2)n(CC(=O)Nc2ccc(C(C)C)cc2)c(=O)c1CCO. The van der Waals surface area contributed by atoms with Gasteiger partial charge in [-0.3, -0.25) is 14.2 Å². The molecule has 0 fully saturated rings. The Morgan fingerprint density at radius 2 is 1.77 bits per heavy atom. The van der Waals surface area contributed by atoms with Crippen molar-refractivity contribution >= 4 is 11.6 Å². The second-order valence-corrected chi connectivity index (χ2v) is 7.56. The Morgan fingerprint density at radius 3 is 2.37 bits per heavy atom. The number of aromatic nitrogens is 2. The number of anilines is 1. The minimum atomic E-state index is -0.313. The zero-order chi connectivity index (χ0) is 21.7. The van der Waals surface area contributed by atoms with Gasteiger partial charge in [0.15, 0.2) is 0 Å². The van der Waals surface area contributed by atoms with Gasteiger partial charge >= 0.3 is 0 Å². The number of aryl methyl sites for hydroxylation is 1. The second kappa shape index (κ2) is 9.50. The van der Waals surface area contributed by atoms with Gasteiger partial charge in [-0.05, 0) is 30.5 Å². The highest BCUT2D eigenvalue weighted by atomic mass is 16.3. The number of nitrogens with zero attached hydrogens (tertiary/aromatic N) is 2. The lowest BCUT2D eigenvalue weighted by Crippen LogP contribution is -2.33. The number of carbonyl (C=O) groups is 1. The number of nitrogens with one attached hydrogen (secondary N) is 1. The van der Waals surface area contributed by atoms with Crippen LogP contribution in [0.15, 0.2) is 59.4 Å². The van der Waals surface area contributed by atoms with E-state index in [1.54, 1.807) is 6.92 Å². The Labute approximate surface area is 176 Å². The molecule has 3 aromatic rings. The topological polar surface area (TPSA) is 84.2 Å². The van der Waals surface area contributed by atoms with Crippen LogP contribution in [0.5, 0.6) is 0 Å². The fourth-order valence-electron chi connectivity index (χ4n) is 3.35. The van der Waals surface area contributed by atoms with E-state index in [0.717, 1.165) is 5.56 Å². The van der Waals surface area contributed by atoms with Crippen molar-refractivity contribution in [3.05, 3.63) is 81.8 Å². The lowest BCUT2D eigenvalue weighted by Gasteiger charge is -2.16. The van der Waals surface area contributed by atoms with Gasteiger partial charge in [0, 0.05) is 35.5 Å². The van der Waals surface area contributed by atoms with Crippen molar-refractivity contribution in [3.63, 3.8) is 0 Å². The molecule has 0 radical (unpaired) electrons. The van der Waals surface area contributed by atoms with Crippen LogP contribution < -0.4 is 10.9 Å². The molecule has 156 valence electrons. The summed E-state index contributed by atoms with van der Waals surface area (Å²) in [6.07, 6.45) is 0.199. The predicted molar refractivity (Wildman–Crippen MR) is 119 cm³/mol. The molecule has 1 aromatic heterocycles. The van der Waals surface area contributed by atoms with Crippen LogP contribution in [0.4, 0.5) is 5.69 Å². The number of hydrogen-bond acceptors (Lipinski definition) is 4. The molecule has 1 heterocycles. The number of aliphatic hydroxyl groups excluding tert-OH is 1. The maximum absolute atomic E-state index is 13.1. The highest BCUT2D eigenvalue weighted by Gasteiger charge is 2.17. The van der Waals surface area contributed by atoms with Crippen molar-refractivity contribution in [3.8, 4) is 11.4 Å². The van der Waals surface area contributed by atoms with Crippen LogP contribution in [0.25, 0.3) is 11.4 Å². The average molecular weight is 405 g/mol. The highest BCUT2D eigenvalue weighted by molar-refractivity contribution is 5.90. The monoisotopic (exact) mass is 405 g/mol.